The molecule has 16 heteroatoms. The summed E-state index contributed by atoms with van der Waals surface area (Å²) in [6, 6.07) is 0. The van der Waals surface area contributed by atoms with Gasteiger partial charge in [0.15, 0.2) is 0 Å². The summed E-state index contributed by atoms with van der Waals surface area (Å²) in [5.74, 6) is 0. The van der Waals surface area contributed by atoms with E-state index < -0.39 is 30.7 Å². The molecule has 16 heavy (non-hydrogen) atoms. The largest absolute Gasteiger partial charge is 3.00 e. The fourth-order valence-electron chi connectivity index (χ4n) is 0. The molecule has 0 N–H and O–H groups in total. The number of rotatable bonds is 0. The van der Waals surface area contributed by atoms with Crippen molar-refractivity contribution in [3.63, 3.8) is 0 Å². The summed E-state index contributed by atoms with van der Waals surface area (Å²) in [6.45, 7) is 0. The topological polar surface area (TPSA) is 277 Å². The van der Waals surface area contributed by atoms with Gasteiger partial charge in [0, 0.05) is 0 Å². The van der Waals surface area contributed by atoms with E-state index in [4.69, 9.17) is 55.9 Å². The minimum Gasteiger partial charge on any atom is -0.222 e. The van der Waals surface area contributed by atoms with Gasteiger partial charge in [0.2, 0.25) is 0 Å². The molecule has 0 bridgehead atoms. The molecule has 0 unspecified atom stereocenters. The van der Waals surface area contributed by atoms with Crippen molar-refractivity contribution >= 4 is 0 Å². The minimum absolute atomic E-state index is 0. The summed E-state index contributed by atoms with van der Waals surface area (Å²) in [5.41, 5.74) is 0. The molecule has 0 aliphatic carbocycles. The second-order valence-corrected chi connectivity index (χ2v) is 3.40. The molecule has 0 aliphatic rings. The SMILES string of the molecule is [Er+3].[O-][Cl+3]([O-])([O-])[O-].[O-][Cl+3]([O-])([O-])[O-].[O-][Cl+3]([O-])([O-])[O-]. The molecular formula is Cl3ErO12. The van der Waals surface area contributed by atoms with Crippen molar-refractivity contribution in [1.29, 1.82) is 0 Å². The van der Waals surface area contributed by atoms with Crippen LogP contribution in [0, 0.1) is 68.0 Å². The third-order valence-corrected chi connectivity index (χ3v) is 0. The van der Waals surface area contributed by atoms with Gasteiger partial charge in [0.1, 0.15) is 0 Å². The van der Waals surface area contributed by atoms with E-state index in [1.54, 1.807) is 0 Å². The molecular weight excluding hydrogens is 466 g/mol. The van der Waals surface area contributed by atoms with E-state index in [0.29, 0.717) is 0 Å². The minimum atomic E-state index is -4.94. The molecule has 0 aromatic carbocycles. The Morgan fingerprint density at radius 2 is 0.312 bits per heavy atom. The second kappa shape index (κ2) is 10.5. The van der Waals surface area contributed by atoms with E-state index >= 15 is 0 Å². The van der Waals surface area contributed by atoms with E-state index in [1.165, 1.54) is 0 Å². The molecule has 0 saturated carbocycles. The third-order valence-electron chi connectivity index (χ3n) is 0. The first-order chi connectivity index (χ1) is 6.00. The third kappa shape index (κ3) is 1250. The van der Waals surface area contributed by atoms with Crippen LogP contribution in [0.1, 0.15) is 0 Å². The van der Waals surface area contributed by atoms with Crippen LogP contribution >= 0.6 is 0 Å². The van der Waals surface area contributed by atoms with E-state index in [0.717, 1.165) is 0 Å². The van der Waals surface area contributed by atoms with Gasteiger partial charge < -0.3 is 0 Å². The van der Waals surface area contributed by atoms with Gasteiger partial charge in [-0.1, -0.05) is 0 Å². The van der Waals surface area contributed by atoms with Crippen LogP contribution in [-0.2, 0) is 0 Å². The fourth-order valence-corrected chi connectivity index (χ4v) is 0. The van der Waals surface area contributed by atoms with Crippen molar-refractivity contribution in [2.24, 2.45) is 0 Å². The van der Waals surface area contributed by atoms with E-state index in [9.17, 15) is 0 Å². The summed E-state index contributed by atoms with van der Waals surface area (Å²) in [6.07, 6.45) is 0. The Balaban J connectivity index is -0.0000000655. The van der Waals surface area contributed by atoms with Gasteiger partial charge in [-0.15, -0.1) is 30.7 Å². The molecule has 0 aromatic rings. The van der Waals surface area contributed by atoms with Gasteiger partial charge in [-0.25, -0.2) is 55.9 Å². The molecule has 0 rings (SSSR count). The second-order valence-electron chi connectivity index (χ2n) is 1.13. The molecule has 0 atom stereocenters. The Hall–Kier alpha value is 1.64. The normalized spacial score (nSPS) is 11.2. The van der Waals surface area contributed by atoms with Crippen molar-refractivity contribution in [1.82, 2.24) is 0 Å². The van der Waals surface area contributed by atoms with Gasteiger partial charge >= 0.3 is 37.3 Å². The van der Waals surface area contributed by atoms with Crippen LogP contribution in [0.2, 0.25) is 0 Å². The van der Waals surface area contributed by atoms with Crippen LogP contribution in [0.25, 0.3) is 0 Å². The predicted octanol–water partition coefficient (Wildman–Crippen LogP) is -14.3. The molecule has 0 fully saturated rings. The zero-order valence-electron chi connectivity index (χ0n) is 6.32. The summed E-state index contributed by atoms with van der Waals surface area (Å²) in [5, 5.41) is 0. The maximum absolute atomic E-state index is 8.49. The first-order valence-electron chi connectivity index (χ1n) is 1.85. The maximum atomic E-state index is 8.49. The van der Waals surface area contributed by atoms with Crippen molar-refractivity contribution in [2.75, 3.05) is 0 Å². The number of hydrogen-bond acceptors (Lipinski definition) is 12. The Bertz CT molecular complexity index is 91.3. The van der Waals surface area contributed by atoms with Crippen molar-refractivity contribution in [3.05, 3.63) is 0 Å². The molecule has 0 amide bonds. The molecule has 0 saturated heterocycles. The van der Waals surface area contributed by atoms with E-state index in [1.807, 2.05) is 0 Å². The van der Waals surface area contributed by atoms with Crippen molar-refractivity contribution in [3.8, 4) is 0 Å². The summed E-state index contributed by atoms with van der Waals surface area (Å²) < 4.78 is 102. The van der Waals surface area contributed by atoms with Crippen LogP contribution in [0.3, 0.4) is 0 Å². The molecule has 12 nitrogen and oxygen atoms in total. The predicted molar refractivity (Wildman–Crippen MR) is 0 cm³/mol. The summed E-state index contributed by atoms with van der Waals surface area (Å²) in [7, 11) is -14.8. The summed E-state index contributed by atoms with van der Waals surface area (Å²) >= 11 is 0. The Morgan fingerprint density at radius 1 is 0.312 bits per heavy atom. The monoisotopic (exact) mass is 463 g/mol. The average molecular weight is 466 g/mol. The van der Waals surface area contributed by atoms with Crippen LogP contribution in [0.15, 0.2) is 0 Å². The fraction of sp³-hybridized carbons (Fsp3) is 0. The first kappa shape index (κ1) is 26.3. The van der Waals surface area contributed by atoms with Gasteiger partial charge in [0.05, 0.1) is 0 Å². The molecule has 105 valence electrons. The maximum Gasteiger partial charge on any atom is 3.00 e. The van der Waals surface area contributed by atoms with Gasteiger partial charge in [-0.3, -0.25) is 0 Å². The van der Waals surface area contributed by atoms with Crippen LogP contribution in [-0.4, -0.2) is 0 Å². The van der Waals surface area contributed by atoms with E-state index in [2.05, 4.69) is 0 Å². The standard InChI is InChI=1S/3ClHO4.Er/c3*2-1(3,4)5;/h3*(H,2,3,4,5);/q;;;+3/p-3. The Morgan fingerprint density at radius 3 is 0.312 bits per heavy atom. The molecule has 0 aromatic heterocycles. The smallest absolute Gasteiger partial charge is 0.222 e. The van der Waals surface area contributed by atoms with Crippen LogP contribution in [0.5, 0.6) is 0 Å². The molecule has 0 heterocycles. The first-order valence-corrected chi connectivity index (χ1v) is 5.55. The summed E-state index contributed by atoms with van der Waals surface area (Å²) in [4.78, 5) is 0. The zero-order chi connectivity index (χ0) is 13.5. The van der Waals surface area contributed by atoms with E-state index in [-0.39, 0.29) is 37.3 Å². The van der Waals surface area contributed by atoms with Gasteiger partial charge in [-0.05, 0) is 0 Å². The van der Waals surface area contributed by atoms with Crippen LogP contribution < -0.4 is 55.9 Å². The molecule has 0 aliphatic heterocycles. The average Bonchev–Trinajstić information content (AvgIpc) is 1.41. The quantitative estimate of drug-likeness (QED) is 0.322. The molecule has 1 radical (unpaired) electrons. The number of halogens is 3. The zero-order valence-corrected chi connectivity index (χ0v) is 10.4. The van der Waals surface area contributed by atoms with Gasteiger partial charge in [0.25, 0.3) is 0 Å². The van der Waals surface area contributed by atoms with Crippen molar-refractivity contribution in [2.45, 2.75) is 0 Å². The Kier molecular flexibility index (Phi) is 17.3. The molecule has 0 spiro atoms. The van der Waals surface area contributed by atoms with Crippen LogP contribution in [0.4, 0.5) is 0 Å². The van der Waals surface area contributed by atoms with Crippen molar-refractivity contribution < 1.29 is 124 Å². The van der Waals surface area contributed by atoms with Gasteiger partial charge in [-0.2, -0.15) is 0 Å². The number of hydrogen-bond donors (Lipinski definition) is 0. The Labute approximate surface area is 123 Å².